The van der Waals surface area contributed by atoms with Crippen molar-refractivity contribution in [2.45, 2.75) is 19.4 Å². The van der Waals surface area contributed by atoms with Gasteiger partial charge in [0.05, 0.1) is 11.8 Å². The molecule has 0 spiro atoms. The van der Waals surface area contributed by atoms with Crippen molar-refractivity contribution in [1.82, 2.24) is 4.90 Å². The predicted molar refractivity (Wildman–Crippen MR) is 125 cm³/mol. The molecule has 5 nitrogen and oxygen atoms in total. The minimum atomic E-state index is -0.0851. The van der Waals surface area contributed by atoms with Gasteiger partial charge in [-0.3, -0.25) is 9.59 Å². The van der Waals surface area contributed by atoms with E-state index < -0.39 is 0 Å². The minimum Gasteiger partial charge on any atom is -0.316 e. The Morgan fingerprint density at radius 3 is 2.03 bits per heavy atom. The summed E-state index contributed by atoms with van der Waals surface area (Å²) in [5.41, 5.74) is 4.01. The first kappa shape index (κ1) is 20.8. The van der Waals surface area contributed by atoms with Crippen LogP contribution in [0.25, 0.3) is 0 Å². The summed E-state index contributed by atoms with van der Waals surface area (Å²) in [5, 5.41) is 0. The lowest BCUT2D eigenvalue weighted by Crippen LogP contribution is -3.28. The number of allylic oxidation sites excluding steroid dienone is 2. The molecule has 4 aliphatic rings. The summed E-state index contributed by atoms with van der Waals surface area (Å²) >= 11 is 0. The Kier molecular flexibility index (Phi) is 5.19. The summed E-state index contributed by atoms with van der Waals surface area (Å²) in [4.78, 5) is 30.9. The van der Waals surface area contributed by atoms with Crippen LogP contribution in [0.5, 0.6) is 0 Å². The monoisotopic (exact) mass is 443 g/mol. The molecule has 33 heavy (non-hydrogen) atoms. The average Bonchev–Trinajstić information content (AvgIpc) is 3.48. The van der Waals surface area contributed by atoms with Gasteiger partial charge in [0.1, 0.15) is 32.2 Å². The van der Waals surface area contributed by atoms with E-state index in [-0.39, 0.29) is 29.6 Å². The summed E-state index contributed by atoms with van der Waals surface area (Å²) < 4.78 is 0. The Hall–Kier alpha value is -2.76. The predicted octanol–water partition coefficient (Wildman–Crippen LogP) is 0.714. The summed E-state index contributed by atoms with van der Waals surface area (Å²) in [6.07, 6.45) is 3.25. The average molecular weight is 444 g/mol. The highest BCUT2D eigenvalue weighted by atomic mass is 16.2. The largest absolute Gasteiger partial charge is 0.316 e. The van der Waals surface area contributed by atoms with Crippen LogP contribution in [0, 0.1) is 23.7 Å². The summed E-state index contributed by atoms with van der Waals surface area (Å²) in [6.45, 7) is 6.67. The molecule has 170 valence electrons. The number of nitrogens with zero attached hydrogens (tertiary/aromatic N) is 1. The molecular weight excluding hydrogens is 410 g/mol. The normalized spacial score (nSPS) is 33.0. The second-order valence-corrected chi connectivity index (χ2v) is 10.4. The van der Waals surface area contributed by atoms with Gasteiger partial charge >= 0.3 is 0 Å². The first-order valence-electron chi connectivity index (χ1n) is 12.4. The molecule has 2 amide bonds. The number of likely N-dealkylation sites (tertiary alicyclic amines) is 1. The Bertz CT molecular complexity index is 1040. The fourth-order valence-corrected chi connectivity index (χ4v) is 7.04. The SMILES string of the molecule is CC1=C[C@@H]2C[C@H]1[C@@H]1C(=O)N(C[NH+]3CC[NH+](C(c4ccccc4)c4ccccc4)CC3)C(=O)[C@H]12. The zero-order valence-electron chi connectivity index (χ0n) is 19.2. The van der Waals surface area contributed by atoms with Gasteiger partial charge in [-0.25, -0.2) is 4.90 Å². The number of amides is 2. The van der Waals surface area contributed by atoms with Gasteiger partial charge in [0.2, 0.25) is 11.8 Å². The second-order valence-electron chi connectivity index (χ2n) is 10.4. The highest BCUT2D eigenvalue weighted by Crippen LogP contribution is 2.55. The Morgan fingerprint density at radius 1 is 0.848 bits per heavy atom. The van der Waals surface area contributed by atoms with E-state index in [2.05, 4.69) is 73.7 Å². The van der Waals surface area contributed by atoms with Crippen LogP contribution in [0.2, 0.25) is 0 Å². The van der Waals surface area contributed by atoms with Crippen LogP contribution in [-0.4, -0.2) is 49.6 Å². The first-order valence-corrected chi connectivity index (χ1v) is 12.4. The van der Waals surface area contributed by atoms with Gasteiger partial charge in [-0.15, -0.1) is 0 Å². The van der Waals surface area contributed by atoms with Crippen LogP contribution in [-0.2, 0) is 9.59 Å². The molecule has 2 N–H and O–H groups in total. The van der Waals surface area contributed by atoms with Crippen molar-refractivity contribution in [3.05, 3.63) is 83.4 Å². The van der Waals surface area contributed by atoms with Gasteiger partial charge in [0, 0.05) is 11.1 Å². The minimum absolute atomic E-state index is 0.0839. The molecule has 2 saturated heterocycles. The maximum atomic E-state index is 13.2. The highest BCUT2D eigenvalue weighted by molar-refractivity contribution is 6.06. The number of rotatable bonds is 5. The van der Waals surface area contributed by atoms with E-state index in [0.717, 1.165) is 32.6 Å². The maximum absolute atomic E-state index is 13.2. The third-order valence-corrected chi connectivity index (χ3v) is 8.63. The molecule has 0 unspecified atom stereocenters. The van der Waals surface area contributed by atoms with Crippen LogP contribution >= 0.6 is 0 Å². The Balaban J connectivity index is 1.14. The number of hydrogen-bond donors (Lipinski definition) is 2. The van der Waals surface area contributed by atoms with Crippen molar-refractivity contribution >= 4 is 11.8 Å². The molecule has 2 heterocycles. The molecular formula is C28H33N3O2+2. The Labute approximate surface area is 195 Å². The molecule has 2 aliphatic heterocycles. The lowest BCUT2D eigenvalue weighted by atomic mass is 9.82. The number of nitrogens with one attached hydrogen (secondary N) is 2. The molecule has 2 aliphatic carbocycles. The van der Waals surface area contributed by atoms with E-state index in [1.807, 2.05) is 0 Å². The molecule has 0 aromatic heterocycles. The van der Waals surface area contributed by atoms with Gasteiger partial charge < -0.3 is 9.80 Å². The zero-order chi connectivity index (χ0) is 22.5. The summed E-state index contributed by atoms with van der Waals surface area (Å²) in [7, 11) is 0. The fourth-order valence-electron chi connectivity index (χ4n) is 7.04. The van der Waals surface area contributed by atoms with E-state index in [4.69, 9.17) is 0 Å². The van der Waals surface area contributed by atoms with E-state index in [9.17, 15) is 9.59 Å². The van der Waals surface area contributed by atoms with Crippen molar-refractivity contribution < 1.29 is 19.4 Å². The number of carbonyl (C=O) groups excluding carboxylic acids is 2. The Morgan fingerprint density at radius 2 is 1.42 bits per heavy atom. The van der Waals surface area contributed by atoms with Crippen molar-refractivity contribution in [2.24, 2.45) is 23.7 Å². The van der Waals surface area contributed by atoms with Crippen LogP contribution in [0.4, 0.5) is 0 Å². The number of imide groups is 1. The topological polar surface area (TPSA) is 46.3 Å². The molecule has 1 saturated carbocycles. The summed E-state index contributed by atoms with van der Waals surface area (Å²) in [6, 6.07) is 21.9. The van der Waals surface area contributed by atoms with Gasteiger partial charge in [0.25, 0.3) is 0 Å². The fraction of sp³-hybridized carbons (Fsp3) is 0.429. The number of piperazine rings is 1. The van der Waals surface area contributed by atoms with Gasteiger partial charge in [-0.1, -0.05) is 72.3 Å². The maximum Gasteiger partial charge on any atom is 0.238 e. The molecule has 2 bridgehead atoms. The summed E-state index contributed by atoms with van der Waals surface area (Å²) in [5.74, 6) is 0.608. The molecule has 0 radical (unpaired) electrons. The number of hydrogen-bond acceptors (Lipinski definition) is 2. The van der Waals surface area contributed by atoms with Gasteiger partial charge in [-0.05, 0) is 25.2 Å². The smallest absolute Gasteiger partial charge is 0.238 e. The van der Waals surface area contributed by atoms with E-state index in [1.54, 1.807) is 9.80 Å². The van der Waals surface area contributed by atoms with Crippen molar-refractivity contribution in [2.75, 3.05) is 32.8 Å². The third-order valence-electron chi connectivity index (χ3n) is 8.63. The van der Waals surface area contributed by atoms with E-state index in [1.165, 1.54) is 21.6 Å². The third kappa shape index (κ3) is 3.46. The van der Waals surface area contributed by atoms with Gasteiger partial charge in [0.15, 0.2) is 6.67 Å². The van der Waals surface area contributed by atoms with Gasteiger partial charge in [-0.2, -0.15) is 0 Å². The van der Waals surface area contributed by atoms with Crippen LogP contribution in [0.15, 0.2) is 72.3 Å². The van der Waals surface area contributed by atoms with Crippen LogP contribution in [0.1, 0.15) is 30.5 Å². The number of fused-ring (bicyclic) bond motifs is 5. The number of benzene rings is 2. The molecule has 5 heteroatoms. The number of carbonyl (C=O) groups is 2. The molecule has 4 atom stereocenters. The lowest BCUT2D eigenvalue weighted by molar-refractivity contribution is -1.03. The van der Waals surface area contributed by atoms with Crippen molar-refractivity contribution in [1.29, 1.82) is 0 Å². The van der Waals surface area contributed by atoms with Crippen LogP contribution < -0.4 is 9.80 Å². The van der Waals surface area contributed by atoms with Crippen LogP contribution in [0.3, 0.4) is 0 Å². The first-order chi connectivity index (χ1) is 16.1. The molecule has 2 aromatic carbocycles. The standard InChI is InChI=1S/C28H31N3O2/c1-19-16-22-17-23(19)25-24(22)27(32)31(28(25)33)18-29-12-14-30(15-13-29)26(20-8-4-2-5-9-20)21-10-6-3-7-11-21/h2-11,16,22-26H,12-15,17-18H2,1H3/p+2/t22-,23-,24+,25+/m1/s1. The van der Waals surface area contributed by atoms with E-state index >= 15 is 0 Å². The zero-order valence-corrected chi connectivity index (χ0v) is 19.2. The van der Waals surface area contributed by atoms with Crippen molar-refractivity contribution in [3.8, 4) is 0 Å². The van der Waals surface area contributed by atoms with Crippen molar-refractivity contribution in [3.63, 3.8) is 0 Å². The van der Waals surface area contributed by atoms with E-state index in [0.29, 0.717) is 18.6 Å². The number of quaternary nitrogens is 2. The molecule has 6 rings (SSSR count). The molecule has 3 fully saturated rings. The lowest BCUT2D eigenvalue weighted by Gasteiger charge is -2.36. The quantitative estimate of drug-likeness (QED) is 0.528. The molecule has 2 aromatic rings. The second kappa shape index (κ2) is 8.23. The highest BCUT2D eigenvalue weighted by Gasteiger charge is 2.61.